The molecule has 8 nitrogen and oxygen atoms in total. The number of carbonyl (C=O) groups excluding carboxylic acids is 2. The lowest BCUT2D eigenvalue weighted by molar-refractivity contribution is 0.0926. The molecule has 64 heavy (non-hydrogen) atoms. The average molecular weight is 821 g/mol. The van der Waals surface area contributed by atoms with E-state index < -0.39 is 11.8 Å². The maximum absolute atomic E-state index is 15.8. The van der Waals surface area contributed by atoms with Crippen LogP contribution in [0, 0.1) is 22.7 Å². The molecule has 7 aromatic carbocycles. The Kier molecular flexibility index (Phi) is 9.05. The van der Waals surface area contributed by atoms with Crippen LogP contribution >= 0.6 is 0 Å². The minimum absolute atomic E-state index is 0.222. The van der Waals surface area contributed by atoms with Crippen molar-refractivity contribution in [2.24, 2.45) is 0 Å². The van der Waals surface area contributed by atoms with E-state index in [9.17, 15) is 10.5 Å². The van der Waals surface area contributed by atoms with Gasteiger partial charge in [-0.05, 0) is 58.7 Å². The highest BCUT2D eigenvalue weighted by molar-refractivity contribution is 6.37. The summed E-state index contributed by atoms with van der Waals surface area (Å²) in [6.07, 6.45) is 6.52. The molecule has 0 atom stereocenters. The molecule has 0 radical (unpaired) electrons. The predicted octanol–water partition coefficient (Wildman–Crippen LogP) is 12.5. The zero-order chi connectivity index (χ0) is 43.3. The van der Waals surface area contributed by atoms with E-state index in [0.717, 1.165) is 44.2 Å². The summed E-state index contributed by atoms with van der Waals surface area (Å²) in [5.41, 5.74) is 11.3. The largest absolute Gasteiger partial charge is 0.307 e. The van der Waals surface area contributed by atoms with Gasteiger partial charge in [0.15, 0.2) is 0 Å². The van der Waals surface area contributed by atoms with E-state index in [-0.39, 0.29) is 11.1 Å². The average Bonchev–Trinajstić information content (AvgIpc) is 3.84. The molecule has 11 rings (SSSR count). The summed E-state index contributed by atoms with van der Waals surface area (Å²) in [6.45, 7) is 0. The molecule has 298 valence electrons. The summed E-state index contributed by atoms with van der Waals surface area (Å²) in [5, 5.41) is 22.4. The molecule has 0 fully saturated rings. The highest BCUT2D eigenvalue weighted by Crippen LogP contribution is 2.48. The molecule has 8 heteroatoms. The summed E-state index contributed by atoms with van der Waals surface area (Å²) in [5.74, 6) is -0.941. The van der Waals surface area contributed by atoms with Gasteiger partial charge in [0.05, 0.1) is 56.8 Å². The van der Waals surface area contributed by atoms with Crippen molar-refractivity contribution in [2.45, 2.75) is 0 Å². The number of fused-ring (bicyclic) bond motifs is 4. The van der Waals surface area contributed by atoms with E-state index >= 15 is 9.59 Å². The molecule has 4 heterocycles. The van der Waals surface area contributed by atoms with Crippen LogP contribution in [-0.2, 0) is 0 Å². The predicted molar refractivity (Wildman–Crippen MR) is 251 cm³/mol. The molecule has 2 amide bonds. The Balaban J connectivity index is 1.23. The molecule has 10 aromatic rings. The number of anilines is 1. The number of nitrogens with zero attached hydrogens (tertiary/aromatic N) is 6. The highest BCUT2D eigenvalue weighted by Gasteiger charge is 2.42. The van der Waals surface area contributed by atoms with E-state index in [2.05, 4.69) is 46.4 Å². The first kappa shape index (κ1) is 37.7. The lowest BCUT2D eigenvalue weighted by atomic mass is 9.90. The number of hydrogen-bond donors (Lipinski definition) is 0. The highest BCUT2D eigenvalue weighted by atomic mass is 16.2. The van der Waals surface area contributed by atoms with Gasteiger partial charge < -0.3 is 4.57 Å². The molecular formula is C56H32N6O2. The Morgan fingerprint density at radius 1 is 0.422 bits per heavy atom. The van der Waals surface area contributed by atoms with Crippen LogP contribution in [0.2, 0.25) is 0 Å². The molecule has 0 unspecified atom stereocenters. The molecule has 0 saturated carbocycles. The Bertz CT molecular complexity index is 3450. The topological polar surface area (TPSA) is 116 Å². The number of imide groups is 1. The van der Waals surface area contributed by atoms with Crippen LogP contribution in [0.25, 0.3) is 83.1 Å². The van der Waals surface area contributed by atoms with Gasteiger partial charge in [-0.2, -0.15) is 10.5 Å². The number of aromatic nitrogens is 3. The molecule has 0 aliphatic carbocycles. The molecule has 0 spiro atoms. The van der Waals surface area contributed by atoms with Crippen LogP contribution < -0.4 is 4.90 Å². The van der Waals surface area contributed by atoms with Crippen molar-refractivity contribution in [3.05, 3.63) is 217 Å². The summed E-state index contributed by atoms with van der Waals surface area (Å²) in [4.78, 5) is 41.3. The second kappa shape index (κ2) is 15.3. The fraction of sp³-hybridized carbons (Fsp3) is 0. The number of para-hydroxylation sites is 2. The number of nitriles is 2. The standard InChI is InChI=1S/C56H32N6O2/c57-31-38-25-27-59-33-48(38)43-21-10-19-41-42-20-11-22-44(49-34-60-28-26-39(49)32-58)53(42)61(52(41)43)50-24-12-23-45-51(50)56(64)62(55(45)63)54-46(36-15-6-2-7-16-36)29-40(35-13-4-1-5-14-35)30-47(54)37-17-8-3-9-18-37/h1-30,33-34H. The van der Waals surface area contributed by atoms with Crippen molar-refractivity contribution in [3.8, 4) is 73.5 Å². The Hall–Kier alpha value is -9.24. The monoisotopic (exact) mass is 820 g/mol. The van der Waals surface area contributed by atoms with Crippen LogP contribution in [0.15, 0.2) is 195 Å². The fourth-order valence-electron chi connectivity index (χ4n) is 9.21. The maximum Gasteiger partial charge on any atom is 0.268 e. The van der Waals surface area contributed by atoms with E-state index in [1.807, 2.05) is 126 Å². The Morgan fingerprint density at radius 2 is 0.891 bits per heavy atom. The van der Waals surface area contributed by atoms with Crippen molar-refractivity contribution >= 4 is 39.3 Å². The van der Waals surface area contributed by atoms with Crippen LogP contribution in [0.5, 0.6) is 0 Å². The molecule has 1 aliphatic heterocycles. The maximum atomic E-state index is 15.8. The summed E-state index contributed by atoms with van der Waals surface area (Å²) < 4.78 is 2.01. The first-order valence-corrected chi connectivity index (χ1v) is 20.7. The van der Waals surface area contributed by atoms with E-state index in [4.69, 9.17) is 0 Å². The van der Waals surface area contributed by atoms with Gasteiger partial charge >= 0.3 is 0 Å². The molecule has 0 bridgehead atoms. The van der Waals surface area contributed by atoms with Gasteiger partial charge in [0.1, 0.15) is 0 Å². The smallest absolute Gasteiger partial charge is 0.268 e. The van der Waals surface area contributed by atoms with Crippen molar-refractivity contribution < 1.29 is 9.59 Å². The molecule has 3 aromatic heterocycles. The van der Waals surface area contributed by atoms with Gasteiger partial charge in [0, 0.05) is 68.9 Å². The van der Waals surface area contributed by atoms with Crippen molar-refractivity contribution in [2.75, 3.05) is 4.90 Å². The van der Waals surface area contributed by atoms with Crippen molar-refractivity contribution in [1.82, 2.24) is 14.5 Å². The summed E-state index contributed by atoms with van der Waals surface area (Å²) in [7, 11) is 0. The van der Waals surface area contributed by atoms with E-state index in [1.165, 1.54) is 4.90 Å². The zero-order valence-electron chi connectivity index (χ0n) is 34.0. The number of carbonyl (C=O) groups is 2. The number of benzene rings is 7. The Labute approximate surface area is 367 Å². The molecule has 1 aliphatic rings. The summed E-state index contributed by atoms with van der Waals surface area (Å²) in [6, 6.07) is 59.0. The van der Waals surface area contributed by atoms with Crippen LogP contribution in [0.1, 0.15) is 31.8 Å². The number of amides is 2. The van der Waals surface area contributed by atoms with Gasteiger partial charge in [0.2, 0.25) is 0 Å². The van der Waals surface area contributed by atoms with Gasteiger partial charge in [-0.1, -0.05) is 133 Å². The number of hydrogen-bond acceptors (Lipinski definition) is 6. The molecule has 0 N–H and O–H groups in total. The second-order valence-electron chi connectivity index (χ2n) is 15.5. The molecule has 0 saturated heterocycles. The minimum atomic E-state index is -0.486. The molecular weight excluding hydrogens is 789 g/mol. The van der Waals surface area contributed by atoms with Crippen LogP contribution in [-0.4, -0.2) is 26.3 Å². The third kappa shape index (κ3) is 5.90. The summed E-state index contributed by atoms with van der Waals surface area (Å²) >= 11 is 0. The SMILES string of the molecule is N#Cc1ccncc1-c1cccc2c3cccc(-c4cnccc4C#N)c3n(-c3cccc4c3C(=O)N(c3c(-c5ccccc5)cc(-c5ccccc5)cc3-c3ccccc3)C4=O)c12. The number of rotatable bonds is 7. The van der Waals surface area contributed by atoms with Gasteiger partial charge in [-0.15, -0.1) is 0 Å². The Morgan fingerprint density at radius 3 is 1.39 bits per heavy atom. The van der Waals surface area contributed by atoms with Crippen molar-refractivity contribution in [1.29, 1.82) is 10.5 Å². The second-order valence-corrected chi connectivity index (χ2v) is 15.5. The minimum Gasteiger partial charge on any atom is -0.307 e. The third-order valence-electron chi connectivity index (χ3n) is 12.0. The first-order valence-electron chi connectivity index (χ1n) is 20.7. The van der Waals surface area contributed by atoms with Gasteiger partial charge in [0.25, 0.3) is 11.8 Å². The zero-order valence-corrected chi connectivity index (χ0v) is 34.0. The van der Waals surface area contributed by atoms with E-state index in [1.54, 1.807) is 49.1 Å². The lowest BCUT2D eigenvalue weighted by Gasteiger charge is -2.24. The number of pyridine rings is 2. The van der Waals surface area contributed by atoms with Gasteiger partial charge in [-0.25, -0.2) is 4.90 Å². The van der Waals surface area contributed by atoms with Crippen LogP contribution in [0.4, 0.5) is 5.69 Å². The fourth-order valence-corrected chi connectivity index (χ4v) is 9.21. The van der Waals surface area contributed by atoms with Crippen LogP contribution in [0.3, 0.4) is 0 Å². The normalized spacial score (nSPS) is 12.1. The first-order chi connectivity index (χ1) is 31.6. The van der Waals surface area contributed by atoms with E-state index in [0.29, 0.717) is 55.8 Å². The van der Waals surface area contributed by atoms with Gasteiger partial charge in [-0.3, -0.25) is 19.6 Å². The third-order valence-corrected chi connectivity index (χ3v) is 12.0. The van der Waals surface area contributed by atoms with Crippen molar-refractivity contribution in [3.63, 3.8) is 0 Å². The lowest BCUT2D eigenvalue weighted by Crippen LogP contribution is -2.30. The quantitative estimate of drug-likeness (QED) is 0.148.